The van der Waals surface area contributed by atoms with Gasteiger partial charge in [0.1, 0.15) is 11.4 Å². The number of benzene rings is 3. The molecule has 0 bridgehead atoms. The number of nitrogens with zero attached hydrogens (tertiary/aromatic N) is 2. The van der Waals surface area contributed by atoms with Crippen LogP contribution in [-0.2, 0) is 0 Å². The number of phenols is 1. The second-order valence-corrected chi connectivity index (χ2v) is 6.13. The van der Waals surface area contributed by atoms with Crippen molar-refractivity contribution in [1.29, 1.82) is 0 Å². The second kappa shape index (κ2) is 7.25. The normalized spacial score (nSPS) is 11.9. The van der Waals surface area contributed by atoms with Crippen LogP contribution < -0.4 is 5.32 Å². The largest absolute Gasteiger partial charge is 0.508 e. The topological polar surface area (TPSA) is 75.1 Å². The van der Waals surface area contributed by atoms with Crippen LogP contribution in [0.3, 0.4) is 0 Å². The van der Waals surface area contributed by atoms with Crippen LogP contribution in [0.15, 0.2) is 85.3 Å². The number of carbonyl (C=O) groups excluding carboxylic acids is 1. The maximum Gasteiger partial charge on any atom is 0.272 e. The summed E-state index contributed by atoms with van der Waals surface area (Å²) in [5.41, 5.74) is 1.73. The predicted molar refractivity (Wildman–Crippen MR) is 103 cm³/mol. The molecule has 27 heavy (non-hydrogen) atoms. The van der Waals surface area contributed by atoms with E-state index in [0.717, 1.165) is 16.3 Å². The van der Waals surface area contributed by atoms with Gasteiger partial charge in [-0.1, -0.05) is 60.7 Å². The van der Waals surface area contributed by atoms with Gasteiger partial charge in [0.15, 0.2) is 0 Å². The van der Waals surface area contributed by atoms with Crippen LogP contribution >= 0.6 is 0 Å². The number of phenolic OH excluding ortho intramolecular Hbond substituents is 1. The summed E-state index contributed by atoms with van der Waals surface area (Å²) in [7, 11) is 0. The lowest BCUT2D eigenvalue weighted by Gasteiger charge is -2.22. The first kappa shape index (κ1) is 16.7. The molecule has 1 aromatic heterocycles. The van der Waals surface area contributed by atoms with E-state index in [4.69, 9.17) is 0 Å². The average Bonchev–Trinajstić information content (AvgIpc) is 2.73. The van der Waals surface area contributed by atoms with Crippen LogP contribution in [0, 0.1) is 0 Å². The molecule has 0 saturated heterocycles. The van der Waals surface area contributed by atoms with Crippen molar-refractivity contribution in [3.8, 4) is 5.75 Å². The van der Waals surface area contributed by atoms with Gasteiger partial charge in [0.05, 0.1) is 12.2 Å². The molecule has 1 amide bonds. The number of carbonyl (C=O) groups is 1. The summed E-state index contributed by atoms with van der Waals surface area (Å²) in [4.78, 5) is 20.8. The van der Waals surface area contributed by atoms with E-state index in [9.17, 15) is 9.90 Å². The van der Waals surface area contributed by atoms with Crippen molar-refractivity contribution in [2.45, 2.75) is 6.04 Å². The molecule has 0 aliphatic heterocycles. The third kappa shape index (κ3) is 3.35. The van der Waals surface area contributed by atoms with E-state index < -0.39 is 6.04 Å². The smallest absolute Gasteiger partial charge is 0.272 e. The minimum absolute atomic E-state index is 0.127. The van der Waals surface area contributed by atoms with Crippen LogP contribution in [0.25, 0.3) is 10.8 Å². The van der Waals surface area contributed by atoms with Crippen molar-refractivity contribution < 1.29 is 9.90 Å². The number of amides is 1. The predicted octanol–water partition coefficient (Wildman–Crippen LogP) is 3.85. The van der Waals surface area contributed by atoms with Gasteiger partial charge in [0, 0.05) is 18.0 Å². The fraction of sp³-hybridized carbons (Fsp3) is 0.0455. The first-order valence-corrected chi connectivity index (χ1v) is 8.56. The minimum Gasteiger partial charge on any atom is -0.508 e. The number of nitrogens with one attached hydrogen (secondary N) is 1. The molecule has 0 fully saturated rings. The number of hydrogen-bond donors (Lipinski definition) is 2. The summed E-state index contributed by atoms with van der Waals surface area (Å²) in [5, 5.41) is 15.5. The average molecular weight is 355 g/mol. The summed E-state index contributed by atoms with van der Waals surface area (Å²) in [6.07, 6.45) is 4.41. The van der Waals surface area contributed by atoms with Gasteiger partial charge in [-0.15, -0.1) is 0 Å². The zero-order valence-corrected chi connectivity index (χ0v) is 14.4. The third-order valence-electron chi connectivity index (χ3n) is 4.44. The molecule has 1 heterocycles. The molecule has 0 spiro atoms. The van der Waals surface area contributed by atoms with Crippen molar-refractivity contribution in [2.75, 3.05) is 0 Å². The Kier molecular flexibility index (Phi) is 4.49. The van der Waals surface area contributed by atoms with Crippen molar-refractivity contribution in [2.24, 2.45) is 0 Å². The molecule has 0 aliphatic rings. The van der Waals surface area contributed by atoms with Crippen LogP contribution in [0.5, 0.6) is 5.75 Å². The maximum atomic E-state index is 12.8. The van der Waals surface area contributed by atoms with Gasteiger partial charge in [0.25, 0.3) is 5.91 Å². The Morgan fingerprint density at radius 1 is 0.926 bits per heavy atom. The van der Waals surface area contributed by atoms with E-state index in [-0.39, 0.29) is 17.4 Å². The number of hydrogen-bond acceptors (Lipinski definition) is 4. The molecule has 3 aromatic carbocycles. The molecule has 4 aromatic rings. The van der Waals surface area contributed by atoms with E-state index in [1.54, 1.807) is 6.07 Å². The monoisotopic (exact) mass is 355 g/mol. The molecule has 2 N–H and O–H groups in total. The van der Waals surface area contributed by atoms with Gasteiger partial charge < -0.3 is 10.4 Å². The number of aromatic nitrogens is 2. The van der Waals surface area contributed by atoms with E-state index >= 15 is 0 Å². The zero-order chi connectivity index (χ0) is 18.6. The number of fused-ring (bicyclic) bond motifs is 1. The maximum absolute atomic E-state index is 12.8. The Balaban J connectivity index is 1.85. The molecule has 1 unspecified atom stereocenters. The molecular weight excluding hydrogens is 338 g/mol. The van der Waals surface area contributed by atoms with Gasteiger partial charge in [-0.3, -0.25) is 9.78 Å². The van der Waals surface area contributed by atoms with E-state index in [2.05, 4.69) is 15.3 Å². The highest BCUT2D eigenvalue weighted by Crippen LogP contribution is 2.35. The summed E-state index contributed by atoms with van der Waals surface area (Å²) >= 11 is 0. The summed E-state index contributed by atoms with van der Waals surface area (Å²) in [5.74, 6) is -0.230. The van der Waals surface area contributed by atoms with Crippen molar-refractivity contribution in [3.05, 3.63) is 102 Å². The molecular formula is C22H17N3O2. The zero-order valence-electron chi connectivity index (χ0n) is 14.4. The van der Waals surface area contributed by atoms with Gasteiger partial charge in [0.2, 0.25) is 0 Å². The van der Waals surface area contributed by atoms with E-state index in [1.807, 2.05) is 60.7 Å². The fourth-order valence-corrected chi connectivity index (χ4v) is 3.18. The summed E-state index contributed by atoms with van der Waals surface area (Å²) < 4.78 is 0. The molecule has 1 atom stereocenters. The Bertz CT molecular complexity index is 1080. The second-order valence-electron chi connectivity index (χ2n) is 6.13. The molecule has 5 nitrogen and oxygen atoms in total. The van der Waals surface area contributed by atoms with E-state index in [0.29, 0.717) is 5.56 Å². The number of aromatic hydroxyl groups is 1. The molecule has 5 heteroatoms. The van der Waals surface area contributed by atoms with Gasteiger partial charge >= 0.3 is 0 Å². The van der Waals surface area contributed by atoms with Crippen molar-refractivity contribution in [3.63, 3.8) is 0 Å². The standard InChI is InChI=1S/C22H17N3O2/c26-19-11-10-15-6-4-5-9-17(15)20(19)21(16-7-2-1-3-8-16)25-22(27)18-14-23-12-13-24-18/h1-14,21,26H,(H,25,27). The number of rotatable bonds is 4. The Hall–Kier alpha value is -3.73. The Morgan fingerprint density at radius 2 is 1.70 bits per heavy atom. The summed E-state index contributed by atoms with van der Waals surface area (Å²) in [6.45, 7) is 0. The van der Waals surface area contributed by atoms with Crippen LogP contribution in [0.1, 0.15) is 27.7 Å². The molecule has 0 aliphatic carbocycles. The lowest BCUT2D eigenvalue weighted by atomic mass is 9.92. The van der Waals surface area contributed by atoms with Crippen LogP contribution in [0.2, 0.25) is 0 Å². The highest BCUT2D eigenvalue weighted by molar-refractivity contribution is 5.94. The Morgan fingerprint density at radius 3 is 2.48 bits per heavy atom. The quantitative estimate of drug-likeness (QED) is 0.583. The SMILES string of the molecule is O=C(NC(c1ccccc1)c1c(O)ccc2ccccc12)c1cnccn1. The third-order valence-corrected chi connectivity index (χ3v) is 4.44. The highest BCUT2D eigenvalue weighted by atomic mass is 16.3. The molecule has 132 valence electrons. The molecule has 4 rings (SSSR count). The first-order chi connectivity index (χ1) is 13.2. The lowest BCUT2D eigenvalue weighted by molar-refractivity contribution is 0.0937. The molecule has 0 saturated carbocycles. The molecule has 0 radical (unpaired) electrons. The Labute approximate surface area is 156 Å². The first-order valence-electron chi connectivity index (χ1n) is 8.56. The van der Waals surface area contributed by atoms with Crippen LogP contribution in [-0.4, -0.2) is 21.0 Å². The van der Waals surface area contributed by atoms with E-state index in [1.165, 1.54) is 18.6 Å². The minimum atomic E-state index is -0.535. The lowest BCUT2D eigenvalue weighted by Crippen LogP contribution is -2.30. The fourth-order valence-electron chi connectivity index (χ4n) is 3.18. The van der Waals surface area contributed by atoms with Gasteiger partial charge in [-0.25, -0.2) is 4.98 Å². The van der Waals surface area contributed by atoms with Crippen molar-refractivity contribution in [1.82, 2.24) is 15.3 Å². The van der Waals surface area contributed by atoms with Gasteiger partial charge in [-0.2, -0.15) is 0 Å². The van der Waals surface area contributed by atoms with Gasteiger partial charge in [-0.05, 0) is 22.4 Å². The highest BCUT2D eigenvalue weighted by Gasteiger charge is 2.23. The van der Waals surface area contributed by atoms with Crippen LogP contribution in [0.4, 0.5) is 0 Å². The van der Waals surface area contributed by atoms with Crippen molar-refractivity contribution >= 4 is 16.7 Å². The summed E-state index contributed by atoms with van der Waals surface area (Å²) in [6, 6.07) is 20.3.